The molecule has 198 valence electrons. The van der Waals surface area contributed by atoms with Gasteiger partial charge in [0.2, 0.25) is 15.9 Å². The van der Waals surface area contributed by atoms with Gasteiger partial charge < -0.3 is 20.1 Å². The van der Waals surface area contributed by atoms with E-state index >= 15 is 0 Å². The molecule has 0 saturated carbocycles. The third-order valence-corrected chi connectivity index (χ3v) is 9.03. The van der Waals surface area contributed by atoms with Crippen LogP contribution in [0.2, 0.25) is 5.02 Å². The molecule has 37 heavy (non-hydrogen) atoms. The monoisotopic (exact) mass is 564 g/mol. The summed E-state index contributed by atoms with van der Waals surface area (Å²) in [6.07, 6.45) is 1.11. The maximum Gasteiger partial charge on any atom is 0.246 e. The van der Waals surface area contributed by atoms with E-state index in [0.29, 0.717) is 42.5 Å². The van der Waals surface area contributed by atoms with Crippen LogP contribution in [0.4, 0.5) is 10.8 Å². The molecule has 1 atom stereocenters. The minimum absolute atomic E-state index is 0.00137. The van der Waals surface area contributed by atoms with Crippen LogP contribution in [0.25, 0.3) is 11.3 Å². The van der Waals surface area contributed by atoms with Crippen molar-refractivity contribution in [1.82, 2.24) is 9.29 Å². The Balaban J connectivity index is 1.54. The number of nitrogens with one attached hydrogen (secondary N) is 2. The van der Waals surface area contributed by atoms with Gasteiger partial charge in [-0.25, -0.2) is 13.4 Å². The average molecular weight is 565 g/mol. The second-order valence-electron chi connectivity index (χ2n) is 8.42. The molecule has 12 heteroatoms. The molecule has 4 rings (SSSR count). The summed E-state index contributed by atoms with van der Waals surface area (Å²) in [4.78, 5) is 17.8. The zero-order chi connectivity index (χ0) is 26.6. The molecule has 1 saturated heterocycles. The van der Waals surface area contributed by atoms with Crippen LogP contribution >= 0.6 is 22.9 Å². The Morgan fingerprint density at radius 2 is 2.03 bits per heavy atom. The number of hydrogen-bond acceptors (Lipinski definition) is 8. The molecule has 9 nitrogen and oxygen atoms in total. The van der Waals surface area contributed by atoms with Gasteiger partial charge in [0.15, 0.2) is 5.13 Å². The van der Waals surface area contributed by atoms with Crippen molar-refractivity contribution in [3.05, 3.63) is 46.8 Å². The van der Waals surface area contributed by atoms with Crippen molar-refractivity contribution < 1.29 is 22.7 Å². The predicted octanol–water partition coefficient (Wildman–Crippen LogP) is 4.95. The second kappa shape index (κ2) is 11.7. The van der Waals surface area contributed by atoms with Crippen LogP contribution in [0, 0.1) is 5.92 Å². The molecule has 0 aliphatic carbocycles. The van der Waals surface area contributed by atoms with Crippen molar-refractivity contribution in [3.8, 4) is 22.8 Å². The van der Waals surface area contributed by atoms with Crippen LogP contribution in [0.15, 0.2) is 46.7 Å². The van der Waals surface area contributed by atoms with Crippen LogP contribution in [-0.2, 0) is 14.8 Å². The third kappa shape index (κ3) is 6.01. The average Bonchev–Trinajstić information content (AvgIpc) is 3.39. The first-order valence-electron chi connectivity index (χ1n) is 11.8. The minimum Gasteiger partial charge on any atom is -0.495 e. The zero-order valence-electron chi connectivity index (χ0n) is 20.8. The lowest BCUT2D eigenvalue weighted by Gasteiger charge is -2.31. The minimum atomic E-state index is -3.93. The summed E-state index contributed by atoms with van der Waals surface area (Å²) in [6, 6.07) is 9.98. The Bertz CT molecular complexity index is 1380. The molecular weight excluding hydrogens is 536 g/mol. The summed E-state index contributed by atoms with van der Waals surface area (Å²) in [5.41, 5.74) is 2.10. The van der Waals surface area contributed by atoms with Gasteiger partial charge in [-0.3, -0.25) is 4.79 Å². The number of rotatable bonds is 9. The lowest BCUT2D eigenvalue weighted by molar-refractivity contribution is -0.120. The van der Waals surface area contributed by atoms with Crippen molar-refractivity contribution in [2.75, 3.05) is 44.5 Å². The second-order valence-corrected chi connectivity index (χ2v) is 11.6. The van der Waals surface area contributed by atoms with Crippen LogP contribution in [0.5, 0.6) is 11.5 Å². The van der Waals surface area contributed by atoms with Crippen molar-refractivity contribution >= 4 is 49.7 Å². The Kier molecular flexibility index (Phi) is 8.58. The van der Waals surface area contributed by atoms with Gasteiger partial charge in [-0.15, -0.1) is 11.3 Å². The lowest BCUT2D eigenvalue weighted by Crippen LogP contribution is -2.43. The number of aromatic nitrogens is 1. The molecule has 0 radical (unpaired) electrons. The number of sulfonamides is 1. The highest BCUT2D eigenvalue weighted by molar-refractivity contribution is 7.89. The van der Waals surface area contributed by atoms with Gasteiger partial charge in [0.05, 0.1) is 31.0 Å². The number of benzene rings is 2. The first-order chi connectivity index (χ1) is 17.8. The van der Waals surface area contributed by atoms with Crippen LogP contribution in [0.3, 0.4) is 0 Å². The Labute approximate surface area is 225 Å². The van der Waals surface area contributed by atoms with E-state index in [1.54, 1.807) is 32.2 Å². The smallest absolute Gasteiger partial charge is 0.246 e. The maximum absolute atomic E-state index is 13.5. The van der Waals surface area contributed by atoms with Crippen molar-refractivity contribution in [2.24, 2.45) is 5.92 Å². The molecule has 1 amide bonds. The van der Waals surface area contributed by atoms with Gasteiger partial charge in [0.1, 0.15) is 16.4 Å². The predicted molar refractivity (Wildman–Crippen MR) is 146 cm³/mol. The molecule has 1 aliphatic heterocycles. The lowest BCUT2D eigenvalue weighted by atomic mass is 9.98. The quantitative estimate of drug-likeness (QED) is 0.378. The molecule has 3 aromatic rings. The fourth-order valence-electron chi connectivity index (χ4n) is 4.19. The van der Waals surface area contributed by atoms with Crippen LogP contribution in [0.1, 0.15) is 19.8 Å². The van der Waals surface area contributed by atoms with Crippen LogP contribution < -0.4 is 20.1 Å². The van der Waals surface area contributed by atoms with E-state index in [-0.39, 0.29) is 23.1 Å². The van der Waals surface area contributed by atoms with E-state index in [1.807, 2.05) is 17.5 Å². The number of carbonyl (C=O) groups is 1. The Morgan fingerprint density at radius 1 is 1.24 bits per heavy atom. The summed E-state index contributed by atoms with van der Waals surface area (Å²) < 4.78 is 39.4. The van der Waals surface area contributed by atoms with E-state index in [1.165, 1.54) is 28.8 Å². The van der Waals surface area contributed by atoms with Gasteiger partial charge in [-0.05, 0) is 56.2 Å². The number of methoxy groups -OCH3 is 1. The molecule has 0 bridgehead atoms. The van der Waals surface area contributed by atoms with Crippen LogP contribution in [-0.4, -0.2) is 57.5 Å². The van der Waals surface area contributed by atoms with Gasteiger partial charge in [0, 0.05) is 36.1 Å². The molecule has 1 aromatic heterocycles. The standard InChI is InChI=1S/C25H29ClN4O5S2/c1-4-35-22-10-8-18(26)13-23(22)37(32,33)30-11-5-6-17(14-30)24(31)28-19-12-16(7-9-21(19)34-3)20-15-36-25(27-2)29-20/h7-10,12-13,15,17H,4-6,11,14H2,1-3H3,(H,27,29)(H,28,31). The molecule has 1 aliphatic rings. The number of halogens is 1. The molecule has 2 aromatic carbocycles. The van der Waals surface area contributed by atoms with Crippen molar-refractivity contribution in [1.29, 1.82) is 0 Å². The number of anilines is 2. The fourth-order valence-corrected chi connectivity index (χ4v) is 6.79. The highest BCUT2D eigenvalue weighted by Crippen LogP contribution is 2.35. The molecule has 2 N–H and O–H groups in total. The van der Waals surface area contributed by atoms with Crippen molar-refractivity contribution in [2.45, 2.75) is 24.7 Å². The van der Waals surface area contributed by atoms with Crippen molar-refractivity contribution in [3.63, 3.8) is 0 Å². The van der Waals surface area contributed by atoms with Gasteiger partial charge in [-0.1, -0.05) is 11.6 Å². The van der Waals surface area contributed by atoms with Gasteiger partial charge in [0.25, 0.3) is 0 Å². The van der Waals surface area contributed by atoms with E-state index in [9.17, 15) is 13.2 Å². The van der Waals surface area contributed by atoms with E-state index in [4.69, 9.17) is 21.1 Å². The molecular formula is C25H29ClN4O5S2. The highest BCUT2D eigenvalue weighted by atomic mass is 35.5. The largest absolute Gasteiger partial charge is 0.495 e. The Hall–Kier alpha value is -2.86. The summed E-state index contributed by atoms with van der Waals surface area (Å²) in [6.45, 7) is 2.45. The first-order valence-corrected chi connectivity index (χ1v) is 14.5. The third-order valence-electron chi connectivity index (χ3n) is 6.05. The topological polar surface area (TPSA) is 110 Å². The normalized spacial score (nSPS) is 16.3. The molecule has 2 heterocycles. The summed E-state index contributed by atoms with van der Waals surface area (Å²) >= 11 is 7.59. The fraction of sp³-hybridized carbons (Fsp3) is 0.360. The summed E-state index contributed by atoms with van der Waals surface area (Å²) in [7, 11) is -0.591. The number of nitrogens with zero attached hydrogens (tertiary/aromatic N) is 2. The number of hydrogen-bond donors (Lipinski definition) is 2. The number of ether oxygens (including phenoxy) is 2. The summed E-state index contributed by atoms with van der Waals surface area (Å²) in [5, 5.41) is 8.96. The van der Waals surface area contributed by atoms with Gasteiger partial charge in [-0.2, -0.15) is 4.31 Å². The number of piperidine rings is 1. The Morgan fingerprint density at radius 3 is 2.73 bits per heavy atom. The number of amides is 1. The highest BCUT2D eigenvalue weighted by Gasteiger charge is 2.35. The molecule has 1 fully saturated rings. The maximum atomic E-state index is 13.5. The molecule has 0 spiro atoms. The van der Waals surface area contributed by atoms with E-state index < -0.39 is 15.9 Å². The SMILES string of the molecule is CCOc1ccc(Cl)cc1S(=O)(=O)N1CCCC(C(=O)Nc2cc(-c3csc(NC)n3)ccc2OC)C1. The van der Waals surface area contributed by atoms with E-state index in [2.05, 4.69) is 15.6 Å². The first kappa shape index (κ1) is 27.2. The molecule has 1 unspecified atom stereocenters. The number of thiazole rings is 1. The summed E-state index contributed by atoms with van der Waals surface area (Å²) in [5.74, 6) is -0.0762. The zero-order valence-corrected chi connectivity index (χ0v) is 23.2. The number of carbonyl (C=O) groups excluding carboxylic acids is 1. The van der Waals surface area contributed by atoms with Gasteiger partial charge >= 0.3 is 0 Å². The van der Waals surface area contributed by atoms with E-state index in [0.717, 1.165) is 16.4 Å².